The average molecular weight is 330 g/mol. The highest BCUT2D eigenvalue weighted by atomic mass is 16.5. The molecule has 0 N–H and O–H groups in total. The predicted molar refractivity (Wildman–Crippen MR) is 95.7 cm³/mol. The van der Waals surface area contributed by atoms with Crippen molar-refractivity contribution in [1.82, 2.24) is 9.80 Å². The Morgan fingerprint density at radius 1 is 1.12 bits per heavy atom. The number of nitrogens with zero attached hydrogens (tertiary/aromatic N) is 2. The molecule has 0 bridgehead atoms. The SMILES string of the molecule is CCOC(=O)[C@@H]1CCCN(C2CCN(Cc3ccccc3)CC2)C1. The van der Waals surface area contributed by atoms with E-state index >= 15 is 0 Å². The zero-order valence-electron chi connectivity index (χ0n) is 14.8. The first kappa shape index (κ1) is 17.4. The second-order valence-electron chi connectivity index (χ2n) is 7.08. The molecule has 24 heavy (non-hydrogen) atoms. The third-order valence-corrected chi connectivity index (χ3v) is 5.40. The van der Waals surface area contributed by atoms with Crippen LogP contribution in [0.3, 0.4) is 0 Å². The Kier molecular flexibility index (Phi) is 6.27. The van der Waals surface area contributed by atoms with Crippen molar-refractivity contribution in [1.29, 1.82) is 0 Å². The van der Waals surface area contributed by atoms with Crippen LogP contribution in [0.1, 0.15) is 38.2 Å². The summed E-state index contributed by atoms with van der Waals surface area (Å²) in [6.07, 6.45) is 4.53. The molecule has 0 amide bonds. The van der Waals surface area contributed by atoms with Gasteiger partial charge in [0.15, 0.2) is 0 Å². The number of hydrogen-bond donors (Lipinski definition) is 0. The minimum Gasteiger partial charge on any atom is -0.466 e. The summed E-state index contributed by atoms with van der Waals surface area (Å²) in [7, 11) is 0. The van der Waals surface area contributed by atoms with Gasteiger partial charge in [-0.25, -0.2) is 0 Å². The third kappa shape index (κ3) is 4.58. The van der Waals surface area contributed by atoms with E-state index in [9.17, 15) is 4.79 Å². The number of hydrogen-bond acceptors (Lipinski definition) is 4. The Hall–Kier alpha value is -1.39. The summed E-state index contributed by atoms with van der Waals surface area (Å²) in [6.45, 7) is 7.77. The van der Waals surface area contributed by atoms with Crippen LogP contribution in [-0.4, -0.2) is 54.6 Å². The van der Waals surface area contributed by atoms with E-state index in [2.05, 4.69) is 40.1 Å². The second kappa shape index (κ2) is 8.63. The minimum absolute atomic E-state index is 0.00344. The van der Waals surface area contributed by atoms with Crippen LogP contribution >= 0.6 is 0 Å². The number of carbonyl (C=O) groups excluding carboxylic acids is 1. The first-order valence-electron chi connectivity index (χ1n) is 9.43. The molecule has 1 aromatic rings. The van der Waals surface area contributed by atoms with Crippen LogP contribution in [-0.2, 0) is 16.1 Å². The number of benzene rings is 1. The van der Waals surface area contributed by atoms with E-state index in [1.807, 2.05) is 6.92 Å². The molecule has 3 rings (SSSR count). The Balaban J connectivity index is 1.46. The molecule has 4 heteroatoms. The zero-order chi connectivity index (χ0) is 16.8. The highest BCUT2D eigenvalue weighted by Crippen LogP contribution is 2.25. The number of carbonyl (C=O) groups is 1. The Bertz CT molecular complexity index is 512. The van der Waals surface area contributed by atoms with Gasteiger partial charge in [0, 0.05) is 19.1 Å². The molecule has 0 unspecified atom stereocenters. The van der Waals surface area contributed by atoms with E-state index in [1.165, 1.54) is 18.4 Å². The fraction of sp³-hybridized carbons (Fsp3) is 0.650. The lowest BCUT2D eigenvalue weighted by Crippen LogP contribution is -2.49. The lowest BCUT2D eigenvalue weighted by Gasteiger charge is -2.41. The largest absolute Gasteiger partial charge is 0.466 e. The number of piperidine rings is 2. The standard InChI is InChI=1S/C20H30N2O2/c1-2-24-20(23)18-9-6-12-22(16-18)19-10-13-21(14-11-19)15-17-7-4-3-5-8-17/h3-5,7-8,18-19H,2,6,9-16H2,1H3/t18-/m1/s1. The van der Waals surface area contributed by atoms with Crippen molar-refractivity contribution >= 4 is 5.97 Å². The molecule has 132 valence electrons. The topological polar surface area (TPSA) is 32.8 Å². The first-order chi connectivity index (χ1) is 11.8. The molecule has 0 aromatic heterocycles. The average Bonchev–Trinajstić information content (AvgIpc) is 2.63. The molecule has 2 aliphatic rings. The van der Waals surface area contributed by atoms with Gasteiger partial charge in [0.1, 0.15) is 0 Å². The molecule has 2 heterocycles. The minimum atomic E-state index is 0.00344. The van der Waals surface area contributed by atoms with Gasteiger partial charge in [0.05, 0.1) is 12.5 Å². The second-order valence-corrected chi connectivity index (χ2v) is 7.08. The summed E-state index contributed by atoms with van der Waals surface area (Å²) in [4.78, 5) is 17.1. The van der Waals surface area contributed by atoms with E-state index in [-0.39, 0.29) is 11.9 Å². The van der Waals surface area contributed by atoms with Crippen LogP contribution in [0.15, 0.2) is 30.3 Å². The molecule has 0 saturated carbocycles. The molecule has 0 radical (unpaired) electrons. The third-order valence-electron chi connectivity index (χ3n) is 5.40. The van der Waals surface area contributed by atoms with Crippen molar-refractivity contribution in [3.8, 4) is 0 Å². The lowest BCUT2D eigenvalue weighted by atomic mass is 9.94. The van der Waals surface area contributed by atoms with E-state index in [1.54, 1.807) is 0 Å². The van der Waals surface area contributed by atoms with E-state index < -0.39 is 0 Å². The van der Waals surface area contributed by atoms with Gasteiger partial charge in [0.2, 0.25) is 0 Å². The number of ether oxygens (including phenoxy) is 1. The molecule has 1 aromatic carbocycles. The van der Waals surface area contributed by atoms with Gasteiger partial charge in [-0.2, -0.15) is 0 Å². The summed E-state index contributed by atoms with van der Waals surface area (Å²) in [5.74, 6) is 0.0877. The highest BCUT2D eigenvalue weighted by Gasteiger charge is 2.32. The van der Waals surface area contributed by atoms with Gasteiger partial charge in [-0.05, 0) is 57.8 Å². The molecule has 4 nitrogen and oxygen atoms in total. The van der Waals surface area contributed by atoms with Crippen LogP contribution in [0, 0.1) is 5.92 Å². The first-order valence-corrected chi connectivity index (χ1v) is 9.43. The van der Waals surface area contributed by atoms with Gasteiger partial charge in [-0.1, -0.05) is 30.3 Å². The monoisotopic (exact) mass is 330 g/mol. The van der Waals surface area contributed by atoms with Crippen LogP contribution < -0.4 is 0 Å². The normalized spacial score (nSPS) is 24.0. The van der Waals surface area contributed by atoms with Crippen molar-refractivity contribution in [2.45, 2.75) is 45.2 Å². The Morgan fingerprint density at radius 3 is 2.58 bits per heavy atom. The van der Waals surface area contributed by atoms with Crippen molar-refractivity contribution in [3.05, 3.63) is 35.9 Å². The van der Waals surface area contributed by atoms with Gasteiger partial charge in [0.25, 0.3) is 0 Å². The fourth-order valence-corrected chi connectivity index (χ4v) is 4.07. The molecule has 2 aliphatic heterocycles. The van der Waals surface area contributed by atoms with E-state index in [0.29, 0.717) is 12.6 Å². The zero-order valence-corrected chi connectivity index (χ0v) is 14.8. The number of likely N-dealkylation sites (tertiary alicyclic amines) is 2. The molecule has 2 saturated heterocycles. The summed E-state index contributed by atoms with van der Waals surface area (Å²) < 4.78 is 5.23. The Labute approximate surface area is 145 Å². The molecular formula is C20H30N2O2. The summed E-state index contributed by atoms with van der Waals surface area (Å²) in [5.41, 5.74) is 1.40. The predicted octanol–water partition coefficient (Wildman–Crippen LogP) is 2.93. The number of esters is 1. The fourth-order valence-electron chi connectivity index (χ4n) is 4.07. The smallest absolute Gasteiger partial charge is 0.310 e. The van der Waals surface area contributed by atoms with Crippen molar-refractivity contribution in [2.24, 2.45) is 5.92 Å². The molecule has 1 atom stereocenters. The molecule has 0 aliphatic carbocycles. The summed E-state index contributed by atoms with van der Waals surface area (Å²) >= 11 is 0. The number of rotatable bonds is 5. The van der Waals surface area contributed by atoms with Crippen molar-refractivity contribution < 1.29 is 9.53 Å². The quantitative estimate of drug-likeness (QED) is 0.777. The molecule has 2 fully saturated rings. The molecule has 0 spiro atoms. The lowest BCUT2D eigenvalue weighted by molar-refractivity contribution is -0.150. The Morgan fingerprint density at radius 2 is 1.88 bits per heavy atom. The van der Waals surface area contributed by atoms with Crippen LogP contribution in [0.2, 0.25) is 0 Å². The van der Waals surface area contributed by atoms with Crippen LogP contribution in [0.4, 0.5) is 0 Å². The van der Waals surface area contributed by atoms with Gasteiger partial charge < -0.3 is 4.74 Å². The maximum atomic E-state index is 12.0. The van der Waals surface area contributed by atoms with Gasteiger partial charge in [-0.3, -0.25) is 14.6 Å². The highest BCUT2D eigenvalue weighted by molar-refractivity contribution is 5.72. The summed E-state index contributed by atoms with van der Waals surface area (Å²) in [5, 5.41) is 0. The van der Waals surface area contributed by atoms with Gasteiger partial charge in [-0.15, -0.1) is 0 Å². The van der Waals surface area contributed by atoms with E-state index in [0.717, 1.165) is 45.6 Å². The van der Waals surface area contributed by atoms with Crippen molar-refractivity contribution in [3.63, 3.8) is 0 Å². The van der Waals surface area contributed by atoms with Crippen LogP contribution in [0.25, 0.3) is 0 Å². The van der Waals surface area contributed by atoms with Crippen molar-refractivity contribution in [2.75, 3.05) is 32.8 Å². The maximum absolute atomic E-state index is 12.0. The van der Waals surface area contributed by atoms with E-state index in [4.69, 9.17) is 4.74 Å². The van der Waals surface area contributed by atoms with Crippen LogP contribution in [0.5, 0.6) is 0 Å². The maximum Gasteiger partial charge on any atom is 0.310 e. The van der Waals surface area contributed by atoms with Gasteiger partial charge >= 0.3 is 5.97 Å². The molecular weight excluding hydrogens is 300 g/mol. The summed E-state index contributed by atoms with van der Waals surface area (Å²) in [6, 6.07) is 11.4.